The molecular weight excluding hydrogens is 368 g/mol. The number of benzene rings is 2. The van der Waals surface area contributed by atoms with Crippen LogP contribution in [0, 0.1) is 5.41 Å². The summed E-state index contributed by atoms with van der Waals surface area (Å²) in [4.78, 5) is 12.0. The molecule has 0 saturated carbocycles. The number of anilines is 1. The average Bonchev–Trinajstić information content (AvgIpc) is 2.56. The number of nitrogen functional groups attached to an aromatic ring is 1. The number of carbonyl (C=O) groups is 1. The zero-order valence-electron chi connectivity index (χ0n) is 13.1. The number of rotatable bonds is 3. The number of amides is 2. The normalized spacial score (nSPS) is 17.2. The molecule has 6 heteroatoms. The number of nitrogens with one attached hydrogen (secondary N) is 3. The predicted molar refractivity (Wildman–Crippen MR) is 99.9 cm³/mol. The van der Waals surface area contributed by atoms with E-state index in [0.717, 1.165) is 26.9 Å². The quantitative estimate of drug-likeness (QED) is 0.478. The van der Waals surface area contributed by atoms with E-state index in [1.165, 1.54) is 6.21 Å². The Kier molecular flexibility index (Phi) is 4.40. The van der Waals surface area contributed by atoms with Crippen LogP contribution < -0.4 is 16.4 Å². The standard InChI is InChI=1S/C18H17BrN4O/c1-10-16(12-4-7-15(21)13(8-12)9-20)17(23-18(24)22-10)11-2-5-14(19)6-3-11/h2-9,17,20H,21H2,1H3,(H2,22,23,24). The second-order valence-electron chi connectivity index (χ2n) is 5.61. The van der Waals surface area contributed by atoms with Crippen LogP contribution in [-0.4, -0.2) is 12.2 Å². The predicted octanol–water partition coefficient (Wildman–Crippen LogP) is 3.81. The number of hydrogen-bond acceptors (Lipinski definition) is 3. The first-order chi connectivity index (χ1) is 11.5. The largest absolute Gasteiger partial charge is 0.398 e. The lowest BCUT2D eigenvalue weighted by Gasteiger charge is -2.30. The van der Waals surface area contributed by atoms with Gasteiger partial charge in [-0.25, -0.2) is 4.79 Å². The lowest BCUT2D eigenvalue weighted by Crippen LogP contribution is -2.42. The first-order valence-corrected chi connectivity index (χ1v) is 8.23. The molecule has 1 aliphatic rings. The highest BCUT2D eigenvalue weighted by atomic mass is 79.9. The summed E-state index contributed by atoms with van der Waals surface area (Å²) < 4.78 is 0.979. The number of carbonyl (C=O) groups excluding carboxylic acids is 1. The monoisotopic (exact) mass is 384 g/mol. The lowest BCUT2D eigenvalue weighted by atomic mass is 9.89. The first-order valence-electron chi connectivity index (χ1n) is 7.43. The smallest absolute Gasteiger partial charge is 0.319 e. The summed E-state index contributed by atoms with van der Waals surface area (Å²) in [5.41, 5.74) is 10.7. The molecule has 0 radical (unpaired) electrons. The molecule has 0 spiro atoms. The van der Waals surface area contributed by atoms with Crippen LogP contribution in [-0.2, 0) is 0 Å². The molecule has 5 nitrogen and oxygen atoms in total. The van der Waals surface area contributed by atoms with E-state index >= 15 is 0 Å². The van der Waals surface area contributed by atoms with E-state index in [1.54, 1.807) is 6.07 Å². The van der Waals surface area contributed by atoms with Crippen LogP contribution in [0.1, 0.15) is 29.7 Å². The fourth-order valence-corrected chi connectivity index (χ4v) is 3.11. The second kappa shape index (κ2) is 6.49. The van der Waals surface area contributed by atoms with Crippen molar-refractivity contribution in [3.63, 3.8) is 0 Å². The van der Waals surface area contributed by atoms with Crippen LogP contribution in [0.5, 0.6) is 0 Å². The highest BCUT2D eigenvalue weighted by Gasteiger charge is 2.27. The maximum Gasteiger partial charge on any atom is 0.319 e. The summed E-state index contributed by atoms with van der Waals surface area (Å²) in [6.45, 7) is 1.88. The van der Waals surface area contributed by atoms with Gasteiger partial charge in [-0.3, -0.25) is 0 Å². The van der Waals surface area contributed by atoms with Crippen LogP contribution in [0.25, 0.3) is 5.57 Å². The van der Waals surface area contributed by atoms with Crippen molar-refractivity contribution in [3.05, 3.63) is 69.3 Å². The Labute approximate surface area is 148 Å². The number of urea groups is 1. The van der Waals surface area contributed by atoms with Crippen LogP contribution in [0.15, 0.2) is 52.6 Å². The summed E-state index contributed by atoms with van der Waals surface area (Å²) in [5.74, 6) is 0. The van der Waals surface area contributed by atoms with Gasteiger partial charge in [-0.2, -0.15) is 0 Å². The van der Waals surface area contributed by atoms with Gasteiger partial charge in [-0.05, 0) is 42.3 Å². The van der Waals surface area contributed by atoms with Crippen LogP contribution in [0.3, 0.4) is 0 Å². The molecular formula is C18H17BrN4O. The molecule has 1 aliphatic heterocycles. The Hall–Kier alpha value is -2.60. The Morgan fingerprint density at radius 2 is 1.92 bits per heavy atom. The summed E-state index contributed by atoms with van der Waals surface area (Å²) in [6.07, 6.45) is 1.23. The molecule has 3 rings (SSSR count). The Morgan fingerprint density at radius 3 is 2.58 bits per heavy atom. The first kappa shape index (κ1) is 16.3. The van der Waals surface area contributed by atoms with E-state index in [9.17, 15) is 4.79 Å². The molecule has 5 N–H and O–H groups in total. The molecule has 0 saturated heterocycles. The molecule has 2 aromatic carbocycles. The number of hydrogen-bond donors (Lipinski definition) is 4. The van der Waals surface area contributed by atoms with Gasteiger partial charge in [0.1, 0.15) is 0 Å². The Morgan fingerprint density at radius 1 is 1.21 bits per heavy atom. The highest BCUT2D eigenvalue weighted by Crippen LogP contribution is 2.35. The van der Waals surface area contributed by atoms with Gasteiger partial charge in [0.2, 0.25) is 0 Å². The topological polar surface area (TPSA) is 91.0 Å². The van der Waals surface area contributed by atoms with E-state index in [-0.39, 0.29) is 12.1 Å². The molecule has 0 bridgehead atoms. The zero-order valence-corrected chi connectivity index (χ0v) is 14.6. The van der Waals surface area contributed by atoms with Gasteiger partial charge in [0.25, 0.3) is 0 Å². The molecule has 0 aliphatic carbocycles. The molecule has 2 amide bonds. The van der Waals surface area contributed by atoms with Gasteiger partial charge in [0, 0.05) is 33.2 Å². The molecule has 0 aromatic heterocycles. The van der Waals surface area contributed by atoms with Crippen molar-refractivity contribution in [3.8, 4) is 0 Å². The van der Waals surface area contributed by atoms with Crippen LogP contribution in [0.4, 0.5) is 10.5 Å². The van der Waals surface area contributed by atoms with Gasteiger partial charge < -0.3 is 21.8 Å². The molecule has 1 heterocycles. The minimum Gasteiger partial charge on any atom is -0.398 e. The van der Waals surface area contributed by atoms with Crippen LogP contribution >= 0.6 is 15.9 Å². The Balaban J connectivity index is 2.13. The van der Waals surface area contributed by atoms with Gasteiger partial charge in [0.05, 0.1) is 6.04 Å². The molecule has 2 aromatic rings. The summed E-state index contributed by atoms with van der Waals surface area (Å²) >= 11 is 3.43. The number of nitrogens with two attached hydrogens (primary N) is 1. The maximum atomic E-state index is 12.0. The van der Waals surface area contributed by atoms with Gasteiger partial charge in [-0.1, -0.05) is 34.1 Å². The maximum absolute atomic E-state index is 12.0. The van der Waals surface area contributed by atoms with E-state index < -0.39 is 0 Å². The van der Waals surface area contributed by atoms with Crippen LogP contribution in [0.2, 0.25) is 0 Å². The van der Waals surface area contributed by atoms with E-state index in [0.29, 0.717) is 11.3 Å². The van der Waals surface area contributed by atoms with Gasteiger partial charge in [0.15, 0.2) is 0 Å². The summed E-state index contributed by atoms with van der Waals surface area (Å²) in [5, 5.41) is 13.3. The molecule has 24 heavy (non-hydrogen) atoms. The van der Waals surface area contributed by atoms with E-state index in [2.05, 4.69) is 26.6 Å². The third kappa shape index (κ3) is 3.05. The van der Waals surface area contributed by atoms with E-state index in [4.69, 9.17) is 11.1 Å². The molecule has 0 fully saturated rings. The average molecular weight is 385 g/mol. The fourth-order valence-electron chi connectivity index (χ4n) is 2.85. The second-order valence-corrected chi connectivity index (χ2v) is 6.53. The molecule has 122 valence electrons. The minimum atomic E-state index is -0.269. The number of halogens is 1. The van der Waals surface area contributed by atoms with Crippen molar-refractivity contribution in [2.24, 2.45) is 0 Å². The molecule has 1 unspecified atom stereocenters. The Bertz CT molecular complexity index is 843. The van der Waals surface area contributed by atoms with Crippen molar-refractivity contribution in [1.82, 2.24) is 10.6 Å². The summed E-state index contributed by atoms with van der Waals surface area (Å²) in [7, 11) is 0. The van der Waals surface area contributed by atoms with Crippen molar-refractivity contribution in [1.29, 1.82) is 5.41 Å². The number of allylic oxidation sites excluding steroid dienone is 1. The zero-order chi connectivity index (χ0) is 17.3. The van der Waals surface area contributed by atoms with Gasteiger partial charge in [-0.15, -0.1) is 0 Å². The summed E-state index contributed by atoms with van der Waals surface area (Å²) in [6, 6.07) is 12.9. The molecule has 1 atom stereocenters. The lowest BCUT2D eigenvalue weighted by molar-refractivity contribution is 0.240. The van der Waals surface area contributed by atoms with E-state index in [1.807, 2.05) is 43.3 Å². The highest BCUT2D eigenvalue weighted by molar-refractivity contribution is 9.10. The van der Waals surface area contributed by atoms with Gasteiger partial charge >= 0.3 is 6.03 Å². The van der Waals surface area contributed by atoms with Crippen molar-refractivity contribution in [2.75, 3.05) is 5.73 Å². The third-order valence-electron chi connectivity index (χ3n) is 4.03. The fraction of sp³-hybridized carbons (Fsp3) is 0.111. The van der Waals surface area contributed by atoms with Crippen molar-refractivity contribution in [2.45, 2.75) is 13.0 Å². The SMILES string of the molecule is CC1=C(c2ccc(N)c(C=N)c2)C(c2ccc(Br)cc2)NC(=O)N1. The third-order valence-corrected chi connectivity index (χ3v) is 4.55. The minimum absolute atomic E-state index is 0.230. The van der Waals surface area contributed by atoms with Crippen molar-refractivity contribution < 1.29 is 4.79 Å². The van der Waals surface area contributed by atoms with Crippen molar-refractivity contribution >= 4 is 39.4 Å².